The first-order valence-corrected chi connectivity index (χ1v) is 8.82. The Hall–Kier alpha value is -2.86. The van der Waals surface area contributed by atoms with Crippen LogP contribution in [0.1, 0.15) is 34.5 Å². The first-order chi connectivity index (χ1) is 12.9. The van der Waals surface area contributed by atoms with Crippen LogP contribution in [0.3, 0.4) is 0 Å². The van der Waals surface area contributed by atoms with E-state index >= 15 is 0 Å². The van der Waals surface area contributed by atoms with Crippen LogP contribution in [0.2, 0.25) is 0 Å². The van der Waals surface area contributed by atoms with E-state index in [2.05, 4.69) is 15.5 Å². The van der Waals surface area contributed by atoms with Crippen molar-refractivity contribution in [1.82, 2.24) is 15.5 Å². The summed E-state index contributed by atoms with van der Waals surface area (Å²) < 4.78 is 5.20. The predicted molar refractivity (Wildman–Crippen MR) is 106 cm³/mol. The Labute approximate surface area is 160 Å². The van der Waals surface area contributed by atoms with Crippen LogP contribution in [-0.2, 0) is 11.3 Å². The summed E-state index contributed by atoms with van der Waals surface area (Å²) >= 11 is 0. The molecule has 2 rings (SSSR count). The molecule has 0 aromatic heterocycles. The lowest BCUT2D eigenvalue weighted by molar-refractivity contribution is -0.119. The number of nitrogens with one attached hydrogen (secondary N) is 2. The molecule has 144 valence electrons. The van der Waals surface area contributed by atoms with Crippen LogP contribution in [0.5, 0.6) is 5.75 Å². The molecule has 6 nitrogen and oxygen atoms in total. The second-order valence-corrected chi connectivity index (χ2v) is 6.57. The lowest BCUT2D eigenvalue weighted by atomic mass is 10.1. The van der Waals surface area contributed by atoms with E-state index in [0.29, 0.717) is 18.7 Å². The summed E-state index contributed by atoms with van der Waals surface area (Å²) in [6.07, 6.45) is 0. The summed E-state index contributed by atoms with van der Waals surface area (Å²) in [6, 6.07) is 15.1. The zero-order chi connectivity index (χ0) is 19.8. The van der Waals surface area contributed by atoms with Gasteiger partial charge >= 0.3 is 0 Å². The largest absolute Gasteiger partial charge is 0.497 e. The van der Waals surface area contributed by atoms with E-state index < -0.39 is 0 Å². The zero-order valence-electron chi connectivity index (χ0n) is 16.3. The van der Waals surface area contributed by atoms with Gasteiger partial charge in [-0.1, -0.05) is 24.3 Å². The van der Waals surface area contributed by atoms with Gasteiger partial charge in [-0.05, 0) is 49.5 Å². The standard InChI is InChI=1S/C21H27N3O3/c1-15(25)22-13-16-5-7-18(8-6-16)21(26)23-14-20(24(2)3)17-9-11-19(27-4)12-10-17/h5-12,20H,13-14H2,1-4H3,(H,22,25)(H,23,26). The quantitative estimate of drug-likeness (QED) is 0.749. The van der Waals surface area contributed by atoms with Crippen molar-refractivity contribution >= 4 is 11.8 Å². The van der Waals surface area contributed by atoms with Gasteiger partial charge in [-0.2, -0.15) is 0 Å². The van der Waals surface area contributed by atoms with Gasteiger partial charge in [0.2, 0.25) is 5.91 Å². The average molecular weight is 369 g/mol. The van der Waals surface area contributed by atoms with Gasteiger partial charge in [0, 0.05) is 25.6 Å². The van der Waals surface area contributed by atoms with Crippen molar-refractivity contribution in [1.29, 1.82) is 0 Å². The zero-order valence-corrected chi connectivity index (χ0v) is 16.3. The minimum atomic E-state index is -0.124. The van der Waals surface area contributed by atoms with Gasteiger partial charge in [-0.3, -0.25) is 9.59 Å². The molecule has 0 bridgehead atoms. The molecule has 0 fully saturated rings. The number of amides is 2. The van der Waals surface area contributed by atoms with Crippen LogP contribution in [0.15, 0.2) is 48.5 Å². The number of carbonyl (C=O) groups is 2. The summed E-state index contributed by atoms with van der Waals surface area (Å²) in [5.74, 6) is 0.603. The molecule has 1 atom stereocenters. The Balaban J connectivity index is 1.97. The van der Waals surface area contributed by atoms with Gasteiger partial charge < -0.3 is 20.3 Å². The number of nitrogens with zero attached hydrogens (tertiary/aromatic N) is 1. The van der Waals surface area contributed by atoms with Crippen molar-refractivity contribution in [2.45, 2.75) is 19.5 Å². The Kier molecular flexibility index (Phi) is 7.37. The third-order valence-electron chi connectivity index (χ3n) is 4.34. The lowest BCUT2D eigenvalue weighted by Gasteiger charge is -2.25. The van der Waals surface area contributed by atoms with E-state index in [0.717, 1.165) is 16.9 Å². The summed E-state index contributed by atoms with van der Waals surface area (Å²) in [4.78, 5) is 25.5. The number of hydrogen-bond acceptors (Lipinski definition) is 4. The smallest absolute Gasteiger partial charge is 0.251 e. The van der Waals surface area contributed by atoms with Crippen LogP contribution in [0.25, 0.3) is 0 Å². The predicted octanol–water partition coefficient (Wildman–Crippen LogP) is 2.36. The number of benzene rings is 2. The van der Waals surface area contributed by atoms with Crippen molar-refractivity contribution in [3.05, 3.63) is 65.2 Å². The lowest BCUT2D eigenvalue weighted by Crippen LogP contribution is -2.34. The molecular weight excluding hydrogens is 342 g/mol. The highest BCUT2D eigenvalue weighted by Crippen LogP contribution is 2.20. The number of carbonyl (C=O) groups excluding carboxylic acids is 2. The molecule has 0 saturated heterocycles. The van der Waals surface area contributed by atoms with Gasteiger partial charge in [-0.25, -0.2) is 0 Å². The molecule has 0 radical (unpaired) electrons. The number of hydrogen-bond donors (Lipinski definition) is 2. The Morgan fingerprint density at radius 1 is 1.00 bits per heavy atom. The number of methoxy groups -OCH3 is 1. The third-order valence-corrected chi connectivity index (χ3v) is 4.34. The molecule has 6 heteroatoms. The minimum absolute atomic E-state index is 0.0545. The number of ether oxygens (including phenoxy) is 1. The van der Waals surface area contributed by atoms with E-state index in [1.807, 2.05) is 50.5 Å². The van der Waals surface area contributed by atoms with Crippen LogP contribution in [-0.4, -0.2) is 44.5 Å². The molecule has 2 N–H and O–H groups in total. The maximum absolute atomic E-state index is 12.5. The van der Waals surface area contributed by atoms with Crippen molar-refractivity contribution in [2.75, 3.05) is 27.7 Å². The molecule has 0 heterocycles. The molecule has 2 amide bonds. The second-order valence-electron chi connectivity index (χ2n) is 6.57. The molecular formula is C21H27N3O3. The fourth-order valence-corrected chi connectivity index (χ4v) is 2.72. The summed E-state index contributed by atoms with van der Waals surface area (Å²) in [5.41, 5.74) is 2.65. The van der Waals surface area contributed by atoms with E-state index in [4.69, 9.17) is 4.74 Å². The summed E-state index contributed by atoms with van der Waals surface area (Å²) in [5, 5.41) is 5.73. The van der Waals surface area contributed by atoms with Crippen LogP contribution in [0, 0.1) is 0 Å². The monoisotopic (exact) mass is 369 g/mol. The number of rotatable bonds is 8. The van der Waals surface area contributed by atoms with Crippen LogP contribution in [0.4, 0.5) is 0 Å². The second kappa shape index (κ2) is 9.73. The van der Waals surface area contributed by atoms with Crippen LogP contribution >= 0.6 is 0 Å². The molecule has 27 heavy (non-hydrogen) atoms. The highest BCUT2D eigenvalue weighted by molar-refractivity contribution is 5.94. The van der Waals surface area contributed by atoms with Gasteiger partial charge in [0.05, 0.1) is 13.2 Å². The summed E-state index contributed by atoms with van der Waals surface area (Å²) in [7, 11) is 5.61. The minimum Gasteiger partial charge on any atom is -0.497 e. The van der Waals surface area contributed by atoms with Crippen molar-refractivity contribution in [2.24, 2.45) is 0 Å². The molecule has 0 aliphatic rings. The molecule has 2 aromatic rings. The molecule has 0 spiro atoms. The summed E-state index contributed by atoms with van der Waals surface area (Å²) in [6.45, 7) is 2.43. The Morgan fingerprint density at radius 2 is 1.63 bits per heavy atom. The first-order valence-electron chi connectivity index (χ1n) is 8.82. The van der Waals surface area contributed by atoms with Crippen molar-refractivity contribution in [3.63, 3.8) is 0 Å². The molecule has 0 aliphatic heterocycles. The molecule has 0 aliphatic carbocycles. The maximum atomic E-state index is 12.5. The highest BCUT2D eigenvalue weighted by atomic mass is 16.5. The van der Waals surface area contributed by atoms with Crippen molar-refractivity contribution < 1.29 is 14.3 Å². The fourth-order valence-electron chi connectivity index (χ4n) is 2.72. The Morgan fingerprint density at radius 3 is 2.15 bits per heavy atom. The molecule has 0 saturated carbocycles. The SMILES string of the molecule is COc1ccc(C(CNC(=O)c2ccc(CNC(C)=O)cc2)N(C)C)cc1. The third kappa shape index (κ3) is 6.11. The first kappa shape index (κ1) is 20.5. The van der Waals surface area contributed by atoms with Gasteiger partial charge in [0.15, 0.2) is 0 Å². The highest BCUT2D eigenvalue weighted by Gasteiger charge is 2.16. The van der Waals surface area contributed by atoms with Crippen LogP contribution < -0.4 is 15.4 Å². The van der Waals surface area contributed by atoms with E-state index in [1.165, 1.54) is 6.92 Å². The fraction of sp³-hybridized carbons (Fsp3) is 0.333. The Bertz CT molecular complexity index is 755. The topological polar surface area (TPSA) is 70.7 Å². The average Bonchev–Trinajstić information content (AvgIpc) is 2.67. The normalized spacial score (nSPS) is 11.7. The van der Waals surface area contributed by atoms with Gasteiger partial charge in [-0.15, -0.1) is 0 Å². The van der Waals surface area contributed by atoms with E-state index in [9.17, 15) is 9.59 Å². The van der Waals surface area contributed by atoms with Crippen molar-refractivity contribution in [3.8, 4) is 5.75 Å². The van der Waals surface area contributed by atoms with E-state index in [1.54, 1.807) is 19.2 Å². The number of likely N-dealkylation sites (N-methyl/N-ethyl adjacent to an activating group) is 1. The molecule has 1 unspecified atom stereocenters. The van der Waals surface area contributed by atoms with Gasteiger partial charge in [0.1, 0.15) is 5.75 Å². The van der Waals surface area contributed by atoms with Gasteiger partial charge in [0.25, 0.3) is 5.91 Å². The van der Waals surface area contributed by atoms with E-state index in [-0.39, 0.29) is 17.9 Å². The molecule has 2 aromatic carbocycles. The maximum Gasteiger partial charge on any atom is 0.251 e.